The Morgan fingerprint density at radius 3 is 2.59 bits per heavy atom. The molecule has 0 saturated carbocycles. The van der Waals surface area contributed by atoms with Gasteiger partial charge in [-0.05, 0) is 23.3 Å². The zero-order valence-corrected chi connectivity index (χ0v) is 17.9. The summed E-state index contributed by atoms with van der Waals surface area (Å²) in [7, 11) is -4.27. The molecule has 1 aromatic carbocycles. The van der Waals surface area contributed by atoms with Crippen molar-refractivity contribution in [3.05, 3.63) is 89.9 Å². The number of nitrogen functional groups attached to an aromatic ring is 1. The number of benzene rings is 1. The van der Waals surface area contributed by atoms with Gasteiger partial charge < -0.3 is 19.0 Å². The summed E-state index contributed by atoms with van der Waals surface area (Å²) < 4.78 is 23.7. The van der Waals surface area contributed by atoms with Crippen molar-refractivity contribution in [2.24, 2.45) is 0 Å². The first-order chi connectivity index (χ1) is 15.4. The van der Waals surface area contributed by atoms with Crippen LogP contribution in [-0.2, 0) is 23.9 Å². The minimum absolute atomic E-state index is 0.181. The Morgan fingerprint density at radius 1 is 1.06 bits per heavy atom. The second-order valence-electron chi connectivity index (χ2n) is 7.22. The van der Waals surface area contributed by atoms with E-state index in [1.54, 1.807) is 30.5 Å². The number of aromatic nitrogens is 3. The predicted molar refractivity (Wildman–Crippen MR) is 116 cm³/mol. The average molecular weight is 453 g/mol. The van der Waals surface area contributed by atoms with Gasteiger partial charge in [-0.25, -0.2) is 9.55 Å². The second kappa shape index (κ2) is 9.32. The van der Waals surface area contributed by atoms with E-state index in [1.807, 2.05) is 36.4 Å². The molecule has 0 atom stereocenters. The van der Waals surface area contributed by atoms with Gasteiger partial charge in [-0.3, -0.25) is 10.3 Å². The summed E-state index contributed by atoms with van der Waals surface area (Å²) in [4.78, 5) is 22.8. The first-order valence-corrected chi connectivity index (χ1v) is 11.6. The fraction of sp³-hybridized carbons (Fsp3) is 0.136. The molecule has 9 nitrogen and oxygen atoms in total. The van der Waals surface area contributed by atoms with Crippen LogP contribution in [0.25, 0.3) is 11.3 Å². The molecule has 0 aliphatic rings. The van der Waals surface area contributed by atoms with E-state index in [0.717, 1.165) is 11.1 Å². The fourth-order valence-electron chi connectivity index (χ4n) is 3.16. The van der Waals surface area contributed by atoms with Crippen molar-refractivity contribution in [1.29, 1.82) is 0 Å². The lowest BCUT2D eigenvalue weighted by atomic mass is 10.1. The molecule has 0 amide bonds. The molecule has 4 aromatic rings. The zero-order chi connectivity index (χ0) is 22.6. The first kappa shape index (κ1) is 21.7. The molecule has 0 aliphatic heterocycles. The molecule has 0 bridgehead atoms. The molecule has 0 fully saturated rings. The molecule has 3 heterocycles. The Labute approximate surface area is 184 Å². The van der Waals surface area contributed by atoms with Gasteiger partial charge in [0.15, 0.2) is 12.0 Å². The van der Waals surface area contributed by atoms with Crippen molar-refractivity contribution >= 4 is 13.4 Å². The molecule has 0 unspecified atom stereocenters. The first-order valence-electron chi connectivity index (χ1n) is 9.77. The molecule has 0 aliphatic carbocycles. The standard InChI is InChI=1S/C22H21N4O5P/c23-22-19(7-4-10-26(22)15-32(27,28)29)20-12-18(25-31-20)11-17-8-9-21(24-13-17)30-14-16-5-2-1-3-6-16/h1-10,12-13,23H,11,14-15H2,(H2,27,28,29)/p+1. The Balaban J connectivity index is 1.42. The number of ether oxygens (including phenoxy) is 1. The topological polar surface area (TPSA) is 136 Å². The minimum Gasteiger partial charge on any atom is -0.473 e. The van der Waals surface area contributed by atoms with Crippen molar-refractivity contribution < 1.29 is 28.2 Å². The van der Waals surface area contributed by atoms with E-state index in [0.29, 0.717) is 35.9 Å². The molecular weight excluding hydrogens is 431 g/mol. The van der Waals surface area contributed by atoms with E-state index in [9.17, 15) is 14.4 Å². The summed E-state index contributed by atoms with van der Waals surface area (Å²) in [5, 5.41) is 4.08. The fourth-order valence-corrected chi connectivity index (χ4v) is 3.80. The van der Waals surface area contributed by atoms with Crippen LogP contribution < -0.4 is 15.0 Å². The van der Waals surface area contributed by atoms with Gasteiger partial charge in [-0.2, -0.15) is 0 Å². The highest BCUT2D eigenvalue weighted by molar-refractivity contribution is 7.50. The molecule has 3 aromatic heterocycles. The third-order valence-corrected chi connectivity index (χ3v) is 5.36. The number of rotatable bonds is 8. The summed E-state index contributed by atoms with van der Waals surface area (Å²) in [5.74, 6) is 1.12. The van der Waals surface area contributed by atoms with E-state index < -0.39 is 13.9 Å². The van der Waals surface area contributed by atoms with Crippen LogP contribution in [0, 0.1) is 0 Å². The van der Waals surface area contributed by atoms with Gasteiger partial charge in [0, 0.05) is 24.8 Å². The Hall–Kier alpha value is -3.52. The van der Waals surface area contributed by atoms with E-state index in [1.165, 1.54) is 10.8 Å². The Bertz CT molecular complexity index is 1240. The number of hydrogen-bond acceptors (Lipinski definition) is 6. The molecule has 164 valence electrons. The quantitative estimate of drug-likeness (QED) is 0.274. The van der Waals surface area contributed by atoms with Crippen LogP contribution in [0.3, 0.4) is 0 Å². The molecule has 4 rings (SSSR count). The zero-order valence-electron chi connectivity index (χ0n) is 17.0. The van der Waals surface area contributed by atoms with Crippen LogP contribution in [0.2, 0.25) is 0 Å². The molecule has 4 N–H and O–H groups in total. The lowest BCUT2D eigenvalue weighted by Crippen LogP contribution is -2.37. The highest BCUT2D eigenvalue weighted by Gasteiger charge is 2.23. The van der Waals surface area contributed by atoms with E-state index in [-0.39, 0.29) is 5.82 Å². The molecule has 0 radical (unpaired) electrons. The molecule has 0 spiro atoms. The smallest absolute Gasteiger partial charge is 0.366 e. The number of pyridine rings is 2. The Morgan fingerprint density at radius 2 is 1.88 bits per heavy atom. The molecular formula is C22H22N4O5P+. The lowest BCUT2D eigenvalue weighted by Gasteiger charge is -2.06. The van der Waals surface area contributed by atoms with Gasteiger partial charge >= 0.3 is 7.60 Å². The van der Waals surface area contributed by atoms with Gasteiger partial charge in [-0.15, -0.1) is 0 Å². The summed E-state index contributed by atoms with van der Waals surface area (Å²) in [5.41, 5.74) is 9.24. The van der Waals surface area contributed by atoms with Crippen LogP contribution in [0.15, 0.2) is 77.6 Å². The molecule has 32 heavy (non-hydrogen) atoms. The summed E-state index contributed by atoms with van der Waals surface area (Å²) in [6.07, 6.45) is 3.20. The summed E-state index contributed by atoms with van der Waals surface area (Å²) in [6.45, 7) is 0.445. The highest BCUT2D eigenvalue weighted by Crippen LogP contribution is 2.35. The van der Waals surface area contributed by atoms with E-state index >= 15 is 0 Å². The van der Waals surface area contributed by atoms with Gasteiger partial charge in [0.1, 0.15) is 12.2 Å². The van der Waals surface area contributed by atoms with Gasteiger partial charge in [0.25, 0.3) is 5.82 Å². The van der Waals surface area contributed by atoms with Crippen LogP contribution >= 0.6 is 7.60 Å². The summed E-state index contributed by atoms with van der Waals surface area (Å²) in [6, 6.07) is 18.7. The van der Waals surface area contributed by atoms with Gasteiger partial charge in [-0.1, -0.05) is 41.6 Å². The van der Waals surface area contributed by atoms with Gasteiger partial charge in [0.2, 0.25) is 5.88 Å². The Kier molecular flexibility index (Phi) is 6.32. The SMILES string of the molecule is Nc1c(-c2cc(Cc3ccc(OCc4ccccc4)nc3)no2)ccc[n+]1CP(=O)(O)O. The van der Waals surface area contributed by atoms with Crippen molar-refractivity contribution in [3.63, 3.8) is 0 Å². The number of hydrogen-bond donors (Lipinski definition) is 3. The van der Waals surface area contributed by atoms with Crippen LogP contribution in [0.4, 0.5) is 5.82 Å². The largest absolute Gasteiger partial charge is 0.473 e. The minimum atomic E-state index is -4.27. The third kappa shape index (κ3) is 5.59. The van der Waals surface area contributed by atoms with Crippen molar-refractivity contribution in [2.45, 2.75) is 19.3 Å². The van der Waals surface area contributed by atoms with Crippen molar-refractivity contribution in [2.75, 3.05) is 5.73 Å². The maximum absolute atomic E-state index is 11.3. The number of nitrogens with two attached hydrogens (primary N) is 1. The second-order valence-corrected chi connectivity index (χ2v) is 8.83. The van der Waals surface area contributed by atoms with Crippen molar-refractivity contribution in [3.8, 4) is 17.2 Å². The van der Waals surface area contributed by atoms with Crippen LogP contribution in [0.1, 0.15) is 16.8 Å². The maximum Gasteiger partial charge on any atom is 0.366 e. The van der Waals surface area contributed by atoms with Crippen LogP contribution in [-0.4, -0.2) is 19.9 Å². The molecule has 10 heteroatoms. The average Bonchev–Trinajstić information content (AvgIpc) is 3.23. The van der Waals surface area contributed by atoms with E-state index in [2.05, 4.69) is 10.1 Å². The number of anilines is 1. The third-order valence-electron chi connectivity index (χ3n) is 4.69. The van der Waals surface area contributed by atoms with Gasteiger partial charge in [0.05, 0.1) is 11.9 Å². The van der Waals surface area contributed by atoms with Crippen molar-refractivity contribution in [1.82, 2.24) is 10.1 Å². The maximum atomic E-state index is 11.3. The summed E-state index contributed by atoms with van der Waals surface area (Å²) >= 11 is 0. The monoisotopic (exact) mass is 453 g/mol. The predicted octanol–water partition coefficient (Wildman–Crippen LogP) is 2.91. The van der Waals surface area contributed by atoms with Crippen LogP contribution in [0.5, 0.6) is 5.88 Å². The van der Waals surface area contributed by atoms with E-state index in [4.69, 9.17) is 15.0 Å². The highest BCUT2D eigenvalue weighted by atomic mass is 31.2. The lowest BCUT2D eigenvalue weighted by molar-refractivity contribution is -0.665. The normalized spacial score (nSPS) is 11.4. The number of nitrogens with zero attached hydrogens (tertiary/aromatic N) is 3. The molecule has 0 saturated heterocycles.